The van der Waals surface area contributed by atoms with E-state index in [1.165, 1.54) is 6.92 Å². The average molecular weight is 390 g/mol. The Kier molecular flexibility index (Phi) is 6.21. The van der Waals surface area contributed by atoms with E-state index in [0.29, 0.717) is 25.7 Å². The summed E-state index contributed by atoms with van der Waals surface area (Å²) in [7, 11) is 0.950. The van der Waals surface area contributed by atoms with Gasteiger partial charge >= 0.3 is 12.1 Å². The van der Waals surface area contributed by atoms with Crippen LogP contribution < -0.4 is 5.32 Å². The number of esters is 1. The van der Waals surface area contributed by atoms with Gasteiger partial charge in [-0.2, -0.15) is 13.2 Å². The highest BCUT2D eigenvalue weighted by molar-refractivity contribution is 6.10. The predicted molar refractivity (Wildman–Crippen MR) is 90.3 cm³/mol. The van der Waals surface area contributed by atoms with Crippen LogP contribution in [-0.4, -0.2) is 47.6 Å². The minimum Gasteiger partial charge on any atom is -0.466 e. The molecule has 0 radical (unpaired) electrons. The van der Waals surface area contributed by atoms with E-state index in [1.54, 1.807) is 6.92 Å². The van der Waals surface area contributed by atoms with Crippen LogP contribution >= 0.6 is 0 Å². The maximum absolute atomic E-state index is 14.2. The van der Waals surface area contributed by atoms with Crippen LogP contribution in [0.1, 0.15) is 58.8 Å². The maximum atomic E-state index is 14.2. The first kappa shape index (κ1) is 21.2. The predicted octanol–water partition coefficient (Wildman–Crippen LogP) is 2.83. The molecule has 1 fully saturated rings. The number of nitrogens with one attached hydrogen (secondary N) is 1. The Balaban J connectivity index is 2.58. The molecule has 6 nitrogen and oxygen atoms in total. The second-order valence-corrected chi connectivity index (χ2v) is 6.96. The molecule has 0 aromatic heterocycles. The van der Waals surface area contributed by atoms with Gasteiger partial charge in [0.15, 0.2) is 0 Å². The van der Waals surface area contributed by atoms with Gasteiger partial charge in [-0.15, -0.1) is 0 Å². The smallest absolute Gasteiger partial charge is 0.425 e. The summed E-state index contributed by atoms with van der Waals surface area (Å²) in [6.45, 7) is 3.09. The number of unbranched alkanes of at least 4 members (excludes halogenated alkanes) is 1. The molecule has 1 atom stereocenters. The van der Waals surface area contributed by atoms with Crippen molar-refractivity contribution in [2.24, 2.45) is 0 Å². The summed E-state index contributed by atoms with van der Waals surface area (Å²) in [5, 5.41) is 1.85. The number of ether oxygens (including phenoxy) is 1. The molecule has 2 amide bonds. The number of amides is 2. The molecular formula is C18H25F3N2O4. The standard InChI is InChI=1S/C18H25F3N2O4/c1-4-5-10-13(24)22-17(18(19,20)21)14(15(25)27-3)11(2)23(16(17)26)12-8-6-7-9-12/h12H,4-10H2,1-3H3,(H,22,24)/t17-/m1/s1. The normalized spacial score (nSPS) is 23.9. The van der Waals surface area contributed by atoms with Crippen LogP contribution in [0.25, 0.3) is 0 Å². The summed E-state index contributed by atoms with van der Waals surface area (Å²) >= 11 is 0. The highest BCUT2D eigenvalue weighted by Crippen LogP contribution is 2.47. The molecule has 0 unspecified atom stereocenters. The van der Waals surface area contributed by atoms with Crippen molar-refractivity contribution in [2.75, 3.05) is 7.11 Å². The van der Waals surface area contributed by atoms with Gasteiger partial charge < -0.3 is 15.0 Å². The number of allylic oxidation sites excluding steroid dienone is 1. The van der Waals surface area contributed by atoms with Crippen molar-refractivity contribution >= 4 is 17.8 Å². The molecule has 1 aliphatic carbocycles. The molecule has 0 saturated heterocycles. The number of methoxy groups -OCH3 is 1. The van der Waals surface area contributed by atoms with Crippen LogP contribution in [0.2, 0.25) is 0 Å². The van der Waals surface area contributed by atoms with Crippen molar-refractivity contribution in [1.29, 1.82) is 0 Å². The molecule has 1 aliphatic heterocycles. The van der Waals surface area contributed by atoms with Crippen molar-refractivity contribution in [2.45, 2.75) is 76.6 Å². The van der Waals surface area contributed by atoms with Crippen LogP contribution in [0.15, 0.2) is 11.3 Å². The first-order chi connectivity index (χ1) is 12.6. The summed E-state index contributed by atoms with van der Waals surface area (Å²) in [5.41, 5.74) is -4.36. The number of hydrogen-bond donors (Lipinski definition) is 1. The number of hydrogen-bond acceptors (Lipinski definition) is 4. The van der Waals surface area contributed by atoms with Gasteiger partial charge in [-0.05, 0) is 26.2 Å². The number of carbonyl (C=O) groups is 3. The van der Waals surface area contributed by atoms with Crippen molar-refractivity contribution in [1.82, 2.24) is 10.2 Å². The second-order valence-electron chi connectivity index (χ2n) is 6.96. The fourth-order valence-electron chi connectivity index (χ4n) is 3.90. The summed E-state index contributed by atoms with van der Waals surface area (Å²) in [6.07, 6.45) is -1.70. The molecule has 1 N–H and O–H groups in total. The van der Waals surface area contributed by atoms with E-state index in [2.05, 4.69) is 4.74 Å². The lowest BCUT2D eigenvalue weighted by molar-refractivity contribution is -0.196. The molecule has 0 bridgehead atoms. The molecule has 0 spiro atoms. The van der Waals surface area contributed by atoms with Gasteiger partial charge in [0.2, 0.25) is 11.4 Å². The monoisotopic (exact) mass is 390 g/mol. The first-order valence-electron chi connectivity index (χ1n) is 9.12. The van der Waals surface area contributed by atoms with Gasteiger partial charge in [-0.1, -0.05) is 26.2 Å². The SMILES string of the molecule is CCCCC(=O)N[C@@]1(C(F)(F)F)C(=O)N(C2CCCC2)C(C)=C1C(=O)OC. The highest BCUT2D eigenvalue weighted by atomic mass is 19.4. The van der Waals surface area contributed by atoms with E-state index >= 15 is 0 Å². The van der Waals surface area contributed by atoms with E-state index in [9.17, 15) is 27.6 Å². The molecule has 2 rings (SSSR count). The Labute approximate surface area is 156 Å². The van der Waals surface area contributed by atoms with Gasteiger partial charge in [0.05, 0.1) is 7.11 Å². The fraction of sp³-hybridized carbons (Fsp3) is 0.722. The van der Waals surface area contributed by atoms with Gasteiger partial charge in [0.1, 0.15) is 5.57 Å². The van der Waals surface area contributed by atoms with E-state index < -0.39 is 41.1 Å². The third-order valence-electron chi connectivity index (χ3n) is 5.23. The lowest BCUT2D eigenvalue weighted by Gasteiger charge is -2.34. The van der Waals surface area contributed by atoms with Crippen molar-refractivity contribution in [3.63, 3.8) is 0 Å². The van der Waals surface area contributed by atoms with Crippen molar-refractivity contribution in [3.05, 3.63) is 11.3 Å². The quantitative estimate of drug-likeness (QED) is 0.708. The van der Waals surface area contributed by atoms with Gasteiger partial charge in [-0.3, -0.25) is 9.59 Å². The van der Waals surface area contributed by atoms with E-state index in [0.717, 1.165) is 24.9 Å². The van der Waals surface area contributed by atoms with Crippen LogP contribution in [0, 0.1) is 0 Å². The van der Waals surface area contributed by atoms with Crippen LogP contribution in [0.5, 0.6) is 0 Å². The molecule has 1 heterocycles. The summed E-state index contributed by atoms with van der Waals surface area (Å²) in [5.74, 6) is -3.52. The van der Waals surface area contributed by atoms with Gasteiger partial charge in [0, 0.05) is 18.2 Å². The van der Waals surface area contributed by atoms with E-state index in [1.807, 2.05) is 5.32 Å². The maximum Gasteiger partial charge on any atom is 0.425 e. The Morgan fingerprint density at radius 3 is 2.37 bits per heavy atom. The van der Waals surface area contributed by atoms with Crippen LogP contribution in [0.4, 0.5) is 13.2 Å². The zero-order valence-corrected chi connectivity index (χ0v) is 15.7. The molecular weight excluding hydrogens is 365 g/mol. The average Bonchev–Trinajstić information content (AvgIpc) is 3.18. The van der Waals surface area contributed by atoms with E-state index in [-0.39, 0.29) is 12.1 Å². The lowest BCUT2D eigenvalue weighted by Crippen LogP contribution is -2.66. The van der Waals surface area contributed by atoms with E-state index in [4.69, 9.17) is 0 Å². The summed E-state index contributed by atoms with van der Waals surface area (Å²) in [6, 6.07) is -0.422. The number of carbonyl (C=O) groups excluding carboxylic acids is 3. The molecule has 152 valence electrons. The third kappa shape index (κ3) is 3.55. The zero-order valence-electron chi connectivity index (χ0n) is 15.7. The molecule has 27 heavy (non-hydrogen) atoms. The second kappa shape index (κ2) is 7.90. The Hall–Kier alpha value is -2.06. The Bertz CT molecular complexity index is 653. The molecule has 1 saturated carbocycles. The summed E-state index contributed by atoms with van der Waals surface area (Å²) < 4.78 is 47.2. The van der Waals surface area contributed by atoms with Crippen molar-refractivity contribution < 1.29 is 32.3 Å². The minimum absolute atomic E-state index is 0.105. The number of nitrogens with zero attached hydrogens (tertiary/aromatic N) is 1. The van der Waals surface area contributed by atoms with Crippen molar-refractivity contribution in [3.8, 4) is 0 Å². The molecule has 0 aromatic rings. The first-order valence-corrected chi connectivity index (χ1v) is 9.12. The Morgan fingerprint density at radius 1 is 1.30 bits per heavy atom. The number of alkyl halides is 3. The Morgan fingerprint density at radius 2 is 1.89 bits per heavy atom. The summed E-state index contributed by atoms with van der Waals surface area (Å²) in [4.78, 5) is 38.6. The largest absolute Gasteiger partial charge is 0.466 e. The fourth-order valence-corrected chi connectivity index (χ4v) is 3.90. The van der Waals surface area contributed by atoms with Crippen LogP contribution in [-0.2, 0) is 19.1 Å². The van der Waals surface area contributed by atoms with Gasteiger partial charge in [0.25, 0.3) is 5.91 Å². The zero-order chi connectivity index (χ0) is 20.4. The minimum atomic E-state index is -5.19. The highest BCUT2D eigenvalue weighted by Gasteiger charge is 2.71. The molecule has 0 aromatic carbocycles. The number of halogens is 3. The topological polar surface area (TPSA) is 75.7 Å². The molecule has 9 heteroatoms. The number of rotatable bonds is 6. The molecule has 2 aliphatic rings. The van der Waals surface area contributed by atoms with Gasteiger partial charge in [-0.25, -0.2) is 4.79 Å². The third-order valence-corrected chi connectivity index (χ3v) is 5.23. The van der Waals surface area contributed by atoms with Crippen LogP contribution in [0.3, 0.4) is 0 Å². The lowest BCUT2D eigenvalue weighted by atomic mass is 9.88.